The zero-order chi connectivity index (χ0) is 13.5. The standard InChI is InChI=1S/C13H17N5O/c1-18-10-16-12(17-18)8-14-9-13(19)15-7-11-5-3-2-4-6-11/h2-6,10,14H,7-9H2,1H3,(H,15,19). The SMILES string of the molecule is Cn1cnc(CNCC(=O)NCc2ccccc2)n1. The Morgan fingerprint density at radius 2 is 2.05 bits per heavy atom. The first kappa shape index (κ1) is 13.2. The maximum absolute atomic E-state index is 11.6. The van der Waals surface area contributed by atoms with Gasteiger partial charge in [-0.3, -0.25) is 9.48 Å². The van der Waals surface area contributed by atoms with E-state index in [1.165, 1.54) is 0 Å². The number of benzene rings is 1. The van der Waals surface area contributed by atoms with E-state index in [4.69, 9.17) is 0 Å². The van der Waals surface area contributed by atoms with E-state index >= 15 is 0 Å². The van der Waals surface area contributed by atoms with Gasteiger partial charge in [-0.1, -0.05) is 30.3 Å². The van der Waals surface area contributed by atoms with Gasteiger partial charge in [0.15, 0.2) is 5.82 Å². The van der Waals surface area contributed by atoms with Crippen molar-refractivity contribution >= 4 is 5.91 Å². The molecule has 2 aromatic rings. The molecule has 0 aliphatic rings. The molecule has 0 saturated carbocycles. The molecule has 0 radical (unpaired) electrons. The molecule has 0 unspecified atom stereocenters. The number of rotatable bonds is 6. The third-order valence-corrected chi connectivity index (χ3v) is 2.55. The molecule has 100 valence electrons. The van der Waals surface area contributed by atoms with Crippen molar-refractivity contribution in [2.24, 2.45) is 7.05 Å². The van der Waals surface area contributed by atoms with E-state index in [-0.39, 0.29) is 12.5 Å². The van der Waals surface area contributed by atoms with Gasteiger partial charge in [-0.25, -0.2) is 4.98 Å². The van der Waals surface area contributed by atoms with Gasteiger partial charge in [0.1, 0.15) is 6.33 Å². The highest BCUT2D eigenvalue weighted by Crippen LogP contribution is 1.96. The van der Waals surface area contributed by atoms with Crippen molar-refractivity contribution in [1.82, 2.24) is 25.4 Å². The fraction of sp³-hybridized carbons (Fsp3) is 0.308. The number of hydrogen-bond donors (Lipinski definition) is 2. The monoisotopic (exact) mass is 259 g/mol. The van der Waals surface area contributed by atoms with Crippen LogP contribution in [0.15, 0.2) is 36.7 Å². The van der Waals surface area contributed by atoms with Crippen molar-refractivity contribution in [1.29, 1.82) is 0 Å². The second kappa shape index (κ2) is 6.65. The molecule has 0 spiro atoms. The molecule has 19 heavy (non-hydrogen) atoms. The van der Waals surface area contributed by atoms with Crippen LogP contribution < -0.4 is 10.6 Å². The minimum Gasteiger partial charge on any atom is -0.351 e. The predicted molar refractivity (Wildman–Crippen MR) is 71.0 cm³/mol. The van der Waals surface area contributed by atoms with Gasteiger partial charge in [-0.15, -0.1) is 0 Å². The molecule has 6 heteroatoms. The van der Waals surface area contributed by atoms with Crippen LogP contribution in [0.25, 0.3) is 0 Å². The minimum atomic E-state index is -0.0419. The minimum absolute atomic E-state index is 0.0419. The molecule has 2 N–H and O–H groups in total. The summed E-state index contributed by atoms with van der Waals surface area (Å²) in [5, 5.41) is 9.96. The van der Waals surface area contributed by atoms with Gasteiger partial charge in [0.05, 0.1) is 13.1 Å². The molecule has 1 heterocycles. The second-order valence-corrected chi connectivity index (χ2v) is 4.20. The van der Waals surface area contributed by atoms with Crippen molar-refractivity contribution in [2.45, 2.75) is 13.1 Å². The number of nitrogens with one attached hydrogen (secondary N) is 2. The number of aromatic nitrogens is 3. The third kappa shape index (κ3) is 4.51. The van der Waals surface area contributed by atoms with Gasteiger partial charge < -0.3 is 10.6 Å². The van der Waals surface area contributed by atoms with Crippen LogP contribution in [0.1, 0.15) is 11.4 Å². The summed E-state index contributed by atoms with van der Waals surface area (Å²) in [5.74, 6) is 0.637. The lowest BCUT2D eigenvalue weighted by molar-refractivity contribution is -0.120. The Bertz CT molecular complexity index is 523. The van der Waals surface area contributed by atoms with Crippen LogP contribution >= 0.6 is 0 Å². The van der Waals surface area contributed by atoms with E-state index in [0.29, 0.717) is 18.9 Å². The van der Waals surface area contributed by atoms with E-state index in [1.807, 2.05) is 37.4 Å². The normalized spacial score (nSPS) is 10.4. The lowest BCUT2D eigenvalue weighted by atomic mass is 10.2. The van der Waals surface area contributed by atoms with Crippen molar-refractivity contribution in [3.05, 3.63) is 48.0 Å². The van der Waals surface area contributed by atoms with Gasteiger partial charge in [0.2, 0.25) is 5.91 Å². The number of carbonyl (C=O) groups excluding carboxylic acids is 1. The Balaban J connectivity index is 1.65. The molecule has 6 nitrogen and oxygen atoms in total. The van der Waals surface area contributed by atoms with Crippen LogP contribution in [-0.2, 0) is 24.9 Å². The maximum atomic E-state index is 11.6. The Hall–Kier alpha value is -2.21. The van der Waals surface area contributed by atoms with Crippen LogP contribution in [0.4, 0.5) is 0 Å². The first-order valence-electron chi connectivity index (χ1n) is 6.10. The number of carbonyl (C=O) groups is 1. The second-order valence-electron chi connectivity index (χ2n) is 4.20. The van der Waals surface area contributed by atoms with Gasteiger partial charge in [-0.2, -0.15) is 5.10 Å². The van der Waals surface area contributed by atoms with Gasteiger partial charge in [0, 0.05) is 13.6 Å². The highest BCUT2D eigenvalue weighted by Gasteiger charge is 2.02. The maximum Gasteiger partial charge on any atom is 0.234 e. The van der Waals surface area contributed by atoms with Crippen molar-refractivity contribution in [3.8, 4) is 0 Å². The third-order valence-electron chi connectivity index (χ3n) is 2.55. The number of hydrogen-bond acceptors (Lipinski definition) is 4. The quantitative estimate of drug-likeness (QED) is 0.778. The first-order chi connectivity index (χ1) is 9.24. The first-order valence-corrected chi connectivity index (χ1v) is 6.10. The van der Waals surface area contributed by atoms with Crippen molar-refractivity contribution < 1.29 is 4.79 Å². The largest absolute Gasteiger partial charge is 0.351 e. The van der Waals surface area contributed by atoms with Crippen molar-refractivity contribution in [3.63, 3.8) is 0 Å². The highest BCUT2D eigenvalue weighted by atomic mass is 16.1. The molecule has 0 bridgehead atoms. The van der Waals surface area contributed by atoms with Gasteiger partial charge in [0.25, 0.3) is 0 Å². The molecular weight excluding hydrogens is 242 g/mol. The molecule has 0 fully saturated rings. The Morgan fingerprint density at radius 1 is 1.26 bits per heavy atom. The smallest absolute Gasteiger partial charge is 0.234 e. The Kier molecular flexibility index (Phi) is 4.63. The highest BCUT2D eigenvalue weighted by molar-refractivity contribution is 5.77. The number of nitrogens with zero attached hydrogens (tertiary/aromatic N) is 3. The summed E-state index contributed by atoms with van der Waals surface area (Å²) in [6.45, 7) is 1.29. The van der Waals surface area contributed by atoms with Gasteiger partial charge >= 0.3 is 0 Å². The summed E-state index contributed by atoms with van der Waals surface area (Å²) < 4.78 is 1.63. The van der Waals surface area contributed by atoms with E-state index in [9.17, 15) is 4.79 Å². The zero-order valence-corrected chi connectivity index (χ0v) is 10.8. The summed E-state index contributed by atoms with van der Waals surface area (Å²) in [6, 6.07) is 9.81. The fourth-order valence-electron chi connectivity index (χ4n) is 1.61. The summed E-state index contributed by atoms with van der Waals surface area (Å²) in [5.41, 5.74) is 1.09. The summed E-state index contributed by atoms with van der Waals surface area (Å²) in [4.78, 5) is 15.7. The van der Waals surface area contributed by atoms with Crippen LogP contribution in [0, 0.1) is 0 Å². The molecule has 0 aliphatic carbocycles. The zero-order valence-electron chi connectivity index (χ0n) is 10.8. The molecule has 1 aromatic carbocycles. The van der Waals surface area contributed by atoms with Crippen molar-refractivity contribution in [2.75, 3.05) is 6.54 Å². The molecule has 2 rings (SSSR count). The lowest BCUT2D eigenvalue weighted by Crippen LogP contribution is -2.33. The molecule has 1 amide bonds. The summed E-state index contributed by atoms with van der Waals surface area (Å²) in [6.07, 6.45) is 1.63. The average Bonchev–Trinajstić information content (AvgIpc) is 2.83. The molecule has 0 atom stereocenters. The molecule has 1 aromatic heterocycles. The molecule has 0 aliphatic heterocycles. The average molecular weight is 259 g/mol. The fourth-order valence-corrected chi connectivity index (χ4v) is 1.61. The predicted octanol–water partition coefficient (Wildman–Crippen LogP) is 0.221. The van der Waals surface area contributed by atoms with E-state index in [2.05, 4.69) is 20.7 Å². The van der Waals surface area contributed by atoms with Crippen LogP contribution in [-0.4, -0.2) is 27.2 Å². The van der Waals surface area contributed by atoms with Gasteiger partial charge in [-0.05, 0) is 5.56 Å². The van der Waals surface area contributed by atoms with Crippen LogP contribution in [0.2, 0.25) is 0 Å². The molecular formula is C13H17N5O. The Labute approximate surface area is 111 Å². The van der Waals surface area contributed by atoms with E-state index in [0.717, 1.165) is 5.56 Å². The summed E-state index contributed by atoms with van der Waals surface area (Å²) >= 11 is 0. The number of aryl methyl sites for hydroxylation is 1. The molecule has 0 saturated heterocycles. The summed E-state index contributed by atoms with van der Waals surface area (Å²) in [7, 11) is 1.81. The number of amides is 1. The topological polar surface area (TPSA) is 71.8 Å². The van der Waals surface area contributed by atoms with E-state index in [1.54, 1.807) is 11.0 Å². The van der Waals surface area contributed by atoms with Crippen LogP contribution in [0.5, 0.6) is 0 Å². The Morgan fingerprint density at radius 3 is 2.74 bits per heavy atom. The van der Waals surface area contributed by atoms with E-state index < -0.39 is 0 Å². The van der Waals surface area contributed by atoms with Crippen LogP contribution in [0.3, 0.4) is 0 Å². The lowest BCUT2D eigenvalue weighted by Gasteiger charge is -2.05.